The number of ether oxygens (including phenoxy) is 1. The zero-order chi connectivity index (χ0) is 20.7. The molecule has 3 aromatic carbocycles. The van der Waals surface area contributed by atoms with Crippen molar-refractivity contribution in [3.05, 3.63) is 95.1 Å². The highest BCUT2D eigenvalue weighted by atomic mass is 19.1. The van der Waals surface area contributed by atoms with E-state index < -0.39 is 23.1 Å². The van der Waals surface area contributed by atoms with Crippen molar-refractivity contribution < 1.29 is 18.3 Å². The SMILES string of the molecule is O=C(Nc1ccc(C2CC3(CCC3)Oc3ccccc32)cc1)c1c(F)cccc1F. The Morgan fingerprint density at radius 1 is 0.933 bits per heavy atom. The van der Waals surface area contributed by atoms with Crippen LogP contribution in [0.15, 0.2) is 66.7 Å². The van der Waals surface area contributed by atoms with E-state index in [1.807, 2.05) is 30.3 Å². The molecule has 1 unspecified atom stereocenters. The molecule has 0 bridgehead atoms. The summed E-state index contributed by atoms with van der Waals surface area (Å²) in [6.45, 7) is 0. The van der Waals surface area contributed by atoms with Gasteiger partial charge in [-0.25, -0.2) is 8.78 Å². The van der Waals surface area contributed by atoms with E-state index in [1.54, 1.807) is 12.1 Å². The maximum atomic E-state index is 13.9. The Bertz CT molecular complexity index is 1090. The maximum absolute atomic E-state index is 13.9. The van der Waals surface area contributed by atoms with E-state index in [1.165, 1.54) is 18.1 Å². The third-order valence-corrected chi connectivity index (χ3v) is 6.22. The molecular weight excluding hydrogens is 384 g/mol. The molecule has 0 radical (unpaired) electrons. The molecule has 1 aliphatic carbocycles. The summed E-state index contributed by atoms with van der Waals surface area (Å²) in [5, 5.41) is 2.58. The Labute approximate surface area is 173 Å². The summed E-state index contributed by atoms with van der Waals surface area (Å²) in [6.07, 6.45) is 4.25. The molecule has 1 amide bonds. The van der Waals surface area contributed by atoms with Crippen molar-refractivity contribution in [2.24, 2.45) is 0 Å². The van der Waals surface area contributed by atoms with Crippen molar-refractivity contribution in [2.75, 3.05) is 5.32 Å². The topological polar surface area (TPSA) is 38.3 Å². The van der Waals surface area contributed by atoms with E-state index >= 15 is 0 Å². The van der Waals surface area contributed by atoms with Crippen LogP contribution in [-0.2, 0) is 0 Å². The number of benzene rings is 3. The van der Waals surface area contributed by atoms with Crippen molar-refractivity contribution in [3.8, 4) is 5.75 Å². The number of para-hydroxylation sites is 1. The van der Waals surface area contributed by atoms with Gasteiger partial charge in [0.15, 0.2) is 0 Å². The van der Waals surface area contributed by atoms with Crippen LogP contribution in [0, 0.1) is 11.6 Å². The van der Waals surface area contributed by atoms with E-state index in [0.29, 0.717) is 5.69 Å². The average Bonchev–Trinajstić information content (AvgIpc) is 2.72. The van der Waals surface area contributed by atoms with Crippen LogP contribution in [0.4, 0.5) is 14.5 Å². The van der Waals surface area contributed by atoms with Crippen molar-refractivity contribution >= 4 is 11.6 Å². The molecule has 152 valence electrons. The van der Waals surface area contributed by atoms with Gasteiger partial charge in [-0.05, 0) is 61.6 Å². The molecule has 5 heteroatoms. The largest absolute Gasteiger partial charge is 0.487 e. The van der Waals surface area contributed by atoms with Crippen molar-refractivity contribution in [1.29, 1.82) is 0 Å². The molecule has 1 N–H and O–H groups in total. The van der Waals surface area contributed by atoms with Gasteiger partial charge in [0.25, 0.3) is 5.91 Å². The van der Waals surface area contributed by atoms with E-state index in [9.17, 15) is 13.6 Å². The van der Waals surface area contributed by atoms with Crippen LogP contribution in [0.1, 0.15) is 53.1 Å². The fraction of sp³-hybridized carbons (Fsp3) is 0.240. The molecule has 1 fully saturated rings. The van der Waals surface area contributed by atoms with Gasteiger partial charge in [-0.1, -0.05) is 36.4 Å². The highest BCUT2D eigenvalue weighted by Crippen LogP contribution is 2.51. The van der Waals surface area contributed by atoms with E-state index in [4.69, 9.17) is 4.74 Å². The highest BCUT2D eigenvalue weighted by Gasteiger charge is 2.45. The Balaban J connectivity index is 1.39. The lowest BCUT2D eigenvalue weighted by Gasteiger charge is -2.48. The smallest absolute Gasteiger partial charge is 0.261 e. The number of nitrogens with one attached hydrogen (secondary N) is 1. The van der Waals surface area contributed by atoms with Gasteiger partial charge < -0.3 is 10.1 Å². The zero-order valence-electron chi connectivity index (χ0n) is 16.3. The second-order valence-electron chi connectivity index (χ2n) is 8.11. The number of carbonyl (C=O) groups excluding carboxylic acids is 1. The number of rotatable bonds is 3. The maximum Gasteiger partial charge on any atom is 0.261 e. The zero-order valence-corrected chi connectivity index (χ0v) is 16.3. The number of halogens is 2. The van der Waals surface area contributed by atoms with Crippen LogP contribution in [0.25, 0.3) is 0 Å². The number of hydrogen-bond acceptors (Lipinski definition) is 2. The molecule has 1 aliphatic heterocycles. The molecule has 1 heterocycles. The lowest BCUT2D eigenvalue weighted by Crippen LogP contribution is -2.47. The summed E-state index contributed by atoms with van der Waals surface area (Å²) in [5.74, 6) is -1.41. The minimum absolute atomic E-state index is 0.0751. The van der Waals surface area contributed by atoms with Crippen LogP contribution in [0.2, 0.25) is 0 Å². The summed E-state index contributed by atoms with van der Waals surface area (Å²) in [6, 6.07) is 19.0. The Morgan fingerprint density at radius 3 is 2.30 bits per heavy atom. The second-order valence-corrected chi connectivity index (χ2v) is 8.11. The minimum Gasteiger partial charge on any atom is -0.487 e. The minimum atomic E-state index is -0.881. The predicted octanol–water partition coefficient (Wildman–Crippen LogP) is 6.05. The third-order valence-electron chi connectivity index (χ3n) is 6.22. The fourth-order valence-electron chi connectivity index (χ4n) is 4.50. The Hall–Kier alpha value is -3.21. The first-order chi connectivity index (χ1) is 14.5. The summed E-state index contributed by atoms with van der Waals surface area (Å²) < 4.78 is 34.0. The molecular formula is C25H21F2NO2. The number of anilines is 1. The van der Waals surface area contributed by atoms with Crippen LogP contribution in [0.3, 0.4) is 0 Å². The van der Waals surface area contributed by atoms with Gasteiger partial charge in [-0.15, -0.1) is 0 Å². The summed E-state index contributed by atoms with van der Waals surface area (Å²) in [7, 11) is 0. The van der Waals surface area contributed by atoms with Gasteiger partial charge in [-0.2, -0.15) is 0 Å². The predicted molar refractivity (Wildman–Crippen MR) is 111 cm³/mol. The standard InChI is InChI=1S/C25H21F2NO2/c26-20-6-3-7-21(27)23(20)24(29)28-17-11-9-16(10-12-17)19-15-25(13-4-14-25)30-22-8-2-1-5-18(19)22/h1-3,5-12,19H,4,13-15H2,(H,28,29). The molecule has 5 rings (SSSR count). The first-order valence-electron chi connectivity index (χ1n) is 10.2. The molecule has 3 aromatic rings. The Kier molecular flexibility index (Phi) is 4.54. The normalized spacial score (nSPS) is 18.8. The van der Waals surface area contributed by atoms with E-state index in [-0.39, 0.29) is 11.5 Å². The second kappa shape index (κ2) is 7.24. The molecule has 2 aliphatic rings. The van der Waals surface area contributed by atoms with Crippen molar-refractivity contribution in [2.45, 2.75) is 37.2 Å². The lowest BCUT2D eigenvalue weighted by atomic mass is 9.69. The number of hydrogen-bond donors (Lipinski definition) is 1. The lowest BCUT2D eigenvalue weighted by molar-refractivity contribution is -0.0299. The van der Waals surface area contributed by atoms with Crippen LogP contribution in [-0.4, -0.2) is 11.5 Å². The van der Waals surface area contributed by atoms with E-state index in [2.05, 4.69) is 11.4 Å². The number of fused-ring (bicyclic) bond motifs is 1. The summed E-state index contributed by atoms with van der Waals surface area (Å²) >= 11 is 0. The monoisotopic (exact) mass is 405 g/mol. The fourth-order valence-corrected chi connectivity index (χ4v) is 4.50. The van der Waals surface area contributed by atoms with Crippen LogP contribution >= 0.6 is 0 Å². The van der Waals surface area contributed by atoms with Crippen molar-refractivity contribution in [3.63, 3.8) is 0 Å². The van der Waals surface area contributed by atoms with Gasteiger partial charge >= 0.3 is 0 Å². The van der Waals surface area contributed by atoms with Crippen LogP contribution < -0.4 is 10.1 Å². The molecule has 0 aromatic heterocycles. The quantitative estimate of drug-likeness (QED) is 0.576. The van der Waals surface area contributed by atoms with E-state index in [0.717, 1.165) is 42.7 Å². The Morgan fingerprint density at radius 2 is 1.63 bits per heavy atom. The molecule has 1 atom stereocenters. The van der Waals surface area contributed by atoms with Crippen molar-refractivity contribution in [1.82, 2.24) is 0 Å². The van der Waals surface area contributed by atoms with Gasteiger partial charge in [-0.3, -0.25) is 4.79 Å². The average molecular weight is 405 g/mol. The first-order valence-corrected chi connectivity index (χ1v) is 10.2. The molecule has 1 spiro atoms. The first kappa shape index (κ1) is 18.8. The number of amides is 1. The summed E-state index contributed by atoms with van der Waals surface area (Å²) in [5.41, 5.74) is 2.14. The van der Waals surface area contributed by atoms with Gasteiger partial charge in [0.2, 0.25) is 0 Å². The van der Waals surface area contributed by atoms with Gasteiger partial charge in [0.05, 0.1) is 0 Å². The highest BCUT2D eigenvalue weighted by molar-refractivity contribution is 6.04. The van der Waals surface area contributed by atoms with Crippen LogP contribution in [0.5, 0.6) is 5.75 Å². The molecule has 3 nitrogen and oxygen atoms in total. The summed E-state index contributed by atoms with van der Waals surface area (Å²) in [4.78, 5) is 12.3. The molecule has 1 saturated carbocycles. The van der Waals surface area contributed by atoms with Gasteiger partial charge in [0, 0.05) is 17.2 Å². The molecule has 0 saturated heterocycles. The molecule has 30 heavy (non-hydrogen) atoms. The third kappa shape index (κ3) is 3.24. The van der Waals surface area contributed by atoms with Gasteiger partial charge in [0.1, 0.15) is 28.5 Å². The number of carbonyl (C=O) groups is 1.